The zero-order valence-electron chi connectivity index (χ0n) is 10.00. The van der Waals surface area contributed by atoms with Crippen LogP contribution in [0, 0.1) is 0 Å². The van der Waals surface area contributed by atoms with E-state index in [0.29, 0.717) is 0 Å². The van der Waals surface area contributed by atoms with Crippen molar-refractivity contribution in [3.05, 3.63) is 55.0 Å². The number of nitrogens with zero attached hydrogens (tertiary/aromatic N) is 2. The first-order chi connectivity index (χ1) is 8.88. The molecule has 0 fully saturated rings. The fourth-order valence-electron chi connectivity index (χ4n) is 2.02. The molecule has 18 heavy (non-hydrogen) atoms. The molecule has 0 radical (unpaired) electrons. The highest BCUT2D eigenvalue weighted by Gasteiger charge is 2.04. The summed E-state index contributed by atoms with van der Waals surface area (Å²) in [6.45, 7) is 0. The van der Waals surface area contributed by atoms with Crippen LogP contribution < -0.4 is 4.74 Å². The molecule has 0 saturated heterocycles. The third kappa shape index (κ3) is 1.80. The van der Waals surface area contributed by atoms with Crippen molar-refractivity contribution in [1.29, 1.82) is 0 Å². The van der Waals surface area contributed by atoms with Gasteiger partial charge >= 0.3 is 0 Å². The molecule has 3 heteroatoms. The van der Waals surface area contributed by atoms with Crippen LogP contribution in [0.15, 0.2) is 55.0 Å². The Morgan fingerprint density at radius 3 is 2.61 bits per heavy atom. The van der Waals surface area contributed by atoms with E-state index < -0.39 is 0 Å². The van der Waals surface area contributed by atoms with Gasteiger partial charge in [-0.1, -0.05) is 30.3 Å². The molecule has 0 spiro atoms. The van der Waals surface area contributed by atoms with Crippen molar-refractivity contribution in [3.8, 4) is 16.9 Å². The lowest BCUT2D eigenvalue weighted by Gasteiger charge is -2.06. The topological polar surface area (TPSA) is 35.0 Å². The summed E-state index contributed by atoms with van der Waals surface area (Å²) in [6.07, 6.45) is 3.41. The number of methoxy groups -OCH3 is 1. The standard InChI is InChI=1S/C15H12N2O/c1-18-13-7-5-11(6-8-13)14-4-2-3-12-9-16-10-17-15(12)14/h2-10H,1H3. The Kier molecular flexibility index (Phi) is 2.65. The maximum absolute atomic E-state index is 5.17. The van der Waals surface area contributed by atoms with Crippen molar-refractivity contribution >= 4 is 10.9 Å². The van der Waals surface area contributed by atoms with Crippen LogP contribution in [0.4, 0.5) is 0 Å². The van der Waals surface area contributed by atoms with Crippen molar-refractivity contribution in [1.82, 2.24) is 9.97 Å². The second kappa shape index (κ2) is 4.45. The molecule has 2 aromatic carbocycles. The fraction of sp³-hybridized carbons (Fsp3) is 0.0667. The van der Waals surface area contributed by atoms with Gasteiger partial charge in [0.15, 0.2) is 0 Å². The first kappa shape index (κ1) is 10.7. The molecule has 0 bridgehead atoms. The van der Waals surface area contributed by atoms with Crippen molar-refractivity contribution in [2.75, 3.05) is 7.11 Å². The summed E-state index contributed by atoms with van der Waals surface area (Å²) in [5.41, 5.74) is 3.20. The summed E-state index contributed by atoms with van der Waals surface area (Å²) in [7, 11) is 1.67. The number of fused-ring (bicyclic) bond motifs is 1. The maximum Gasteiger partial charge on any atom is 0.118 e. The average Bonchev–Trinajstić information content (AvgIpc) is 2.47. The predicted octanol–water partition coefficient (Wildman–Crippen LogP) is 3.31. The minimum Gasteiger partial charge on any atom is -0.497 e. The lowest BCUT2D eigenvalue weighted by Crippen LogP contribution is -1.87. The third-order valence-electron chi connectivity index (χ3n) is 2.94. The van der Waals surface area contributed by atoms with E-state index in [1.807, 2.05) is 42.6 Å². The van der Waals surface area contributed by atoms with E-state index in [1.165, 1.54) is 0 Å². The maximum atomic E-state index is 5.17. The van der Waals surface area contributed by atoms with E-state index >= 15 is 0 Å². The molecule has 0 aliphatic heterocycles. The summed E-state index contributed by atoms with van der Waals surface area (Å²) in [4.78, 5) is 8.40. The van der Waals surface area contributed by atoms with Gasteiger partial charge in [0.1, 0.15) is 12.1 Å². The summed E-state index contributed by atoms with van der Waals surface area (Å²) in [5.74, 6) is 0.855. The van der Waals surface area contributed by atoms with E-state index in [9.17, 15) is 0 Å². The largest absolute Gasteiger partial charge is 0.497 e. The van der Waals surface area contributed by atoms with Crippen LogP contribution in [0.3, 0.4) is 0 Å². The van der Waals surface area contributed by atoms with Gasteiger partial charge in [-0.05, 0) is 17.7 Å². The van der Waals surface area contributed by atoms with Crippen molar-refractivity contribution in [2.45, 2.75) is 0 Å². The molecule has 0 aliphatic rings. The van der Waals surface area contributed by atoms with Gasteiger partial charge in [0.05, 0.1) is 12.6 Å². The van der Waals surface area contributed by atoms with Crippen LogP contribution in [0.2, 0.25) is 0 Å². The summed E-state index contributed by atoms with van der Waals surface area (Å²) in [5, 5.41) is 1.05. The highest BCUT2D eigenvalue weighted by molar-refractivity contribution is 5.92. The molecule has 0 unspecified atom stereocenters. The molecular formula is C15H12N2O. The molecular weight excluding hydrogens is 224 g/mol. The van der Waals surface area contributed by atoms with Gasteiger partial charge in [-0.2, -0.15) is 0 Å². The minimum atomic E-state index is 0.855. The second-order valence-corrected chi connectivity index (χ2v) is 3.99. The number of benzene rings is 2. The molecule has 0 aliphatic carbocycles. The Morgan fingerprint density at radius 2 is 1.83 bits per heavy atom. The van der Waals surface area contributed by atoms with Crippen LogP contribution in [-0.4, -0.2) is 17.1 Å². The second-order valence-electron chi connectivity index (χ2n) is 3.99. The van der Waals surface area contributed by atoms with Crippen LogP contribution in [-0.2, 0) is 0 Å². The summed E-state index contributed by atoms with van der Waals surface area (Å²) < 4.78 is 5.17. The van der Waals surface area contributed by atoms with Gasteiger partial charge in [-0.25, -0.2) is 9.97 Å². The molecule has 0 saturated carbocycles. The number of rotatable bonds is 2. The van der Waals surface area contributed by atoms with Crippen molar-refractivity contribution in [2.24, 2.45) is 0 Å². The molecule has 0 N–H and O–H groups in total. The van der Waals surface area contributed by atoms with Gasteiger partial charge in [0.25, 0.3) is 0 Å². The van der Waals surface area contributed by atoms with Crippen molar-refractivity contribution < 1.29 is 4.74 Å². The number of hydrogen-bond acceptors (Lipinski definition) is 3. The van der Waals surface area contributed by atoms with Gasteiger partial charge in [0, 0.05) is 17.1 Å². The Morgan fingerprint density at radius 1 is 1.00 bits per heavy atom. The van der Waals surface area contributed by atoms with E-state index in [0.717, 1.165) is 27.8 Å². The van der Waals surface area contributed by atoms with Gasteiger partial charge in [-0.3, -0.25) is 0 Å². The molecule has 3 rings (SSSR count). The smallest absolute Gasteiger partial charge is 0.118 e. The Bertz CT molecular complexity index is 672. The summed E-state index contributed by atoms with van der Waals surface area (Å²) in [6, 6.07) is 14.1. The quantitative estimate of drug-likeness (QED) is 0.684. The Labute approximate surface area is 105 Å². The lowest BCUT2D eigenvalue weighted by molar-refractivity contribution is 0.415. The number of para-hydroxylation sites is 1. The van der Waals surface area contributed by atoms with Crippen LogP contribution in [0.5, 0.6) is 5.75 Å². The zero-order valence-corrected chi connectivity index (χ0v) is 10.00. The van der Waals surface area contributed by atoms with Crippen LogP contribution in [0.1, 0.15) is 0 Å². The van der Waals surface area contributed by atoms with Crippen LogP contribution in [0.25, 0.3) is 22.0 Å². The number of ether oxygens (including phenoxy) is 1. The first-order valence-corrected chi connectivity index (χ1v) is 5.71. The molecule has 1 heterocycles. The monoisotopic (exact) mass is 236 g/mol. The van der Waals surface area contributed by atoms with E-state index in [2.05, 4.69) is 16.0 Å². The molecule has 0 atom stereocenters. The molecule has 1 aromatic heterocycles. The van der Waals surface area contributed by atoms with Gasteiger partial charge in [-0.15, -0.1) is 0 Å². The van der Waals surface area contributed by atoms with E-state index in [4.69, 9.17) is 4.74 Å². The molecule has 3 nitrogen and oxygen atoms in total. The number of hydrogen-bond donors (Lipinski definition) is 0. The molecule has 3 aromatic rings. The third-order valence-corrected chi connectivity index (χ3v) is 2.94. The molecule has 0 amide bonds. The minimum absolute atomic E-state index is 0.855. The average molecular weight is 236 g/mol. The highest BCUT2D eigenvalue weighted by atomic mass is 16.5. The Balaban J connectivity index is 2.18. The zero-order chi connectivity index (χ0) is 12.4. The normalized spacial score (nSPS) is 10.5. The predicted molar refractivity (Wildman–Crippen MR) is 71.5 cm³/mol. The SMILES string of the molecule is COc1ccc(-c2cccc3cncnc23)cc1. The highest BCUT2D eigenvalue weighted by Crippen LogP contribution is 2.27. The van der Waals surface area contributed by atoms with Crippen LogP contribution >= 0.6 is 0 Å². The summed E-state index contributed by atoms with van der Waals surface area (Å²) >= 11 is 0. The van der Waals surface area contributed by atoms with Crippen molar-refractivity contribution in [3.63, 3.8) is 0 Å². The van der Waals surface area contributed by atoms with Gasteiger partial charge < -0.3 is 4.74 Å². The Hall–Kier alpha value is -2.42. The van der Waals surface area contributed by atoms with E-state index in [-0.39, 0.29) is 0 Å². The number of aromatic nitrogens is 2. The molecule has 88 valence electrons. The first-order valence-electron chi connectivity index (χ1n) is 5.71. The fourth-order valence-corrected chi connectivity index (χ4v) is 2.02. The van der Waals surface area contributed by atoms with Gasteiger partial charge in [0.2, 0.25) is 0 Å². The van der Waals surface area contributed by atoms with E-state index in [1.54, 1.807) is 13.4 Å². The lowest BCUT2D eigenvalue weighted by atomic mass is 10.0.